The van der Waals surface area contributed by atoms with Crippen LogP contribution in [0.3, 0.4) is 0 Å². The zero-order valence-corrected chi connectivity index (χ0v) is 15.2. The summed E-state index contributed by atoms with van der Waals surface area (Å²) < 4.78 is 0. The first-order valence-electron chi connectivity index (χ1n) is 9.02. The Morgan fingerprint density at radius 1 is 1.08 bits per heavy atom. The topological polar surface area (TPSA) is 19.4 Å². The molecule has 2 heterocycles. The molecule has 3 nitrogen and oxygen atoms in total. The van der Waals surface area contributed by atoms with Gasteiger partial charge in [-0.1, -0.05) is 36.8 Å². The Kier molecular flexibility index (Phi) is 5.64. The SMILES string of the molecule is Cc1cccc(CN2CCCCC2c2ccc(CN(C)C)cc2)n1. The number of hydrogen-bond acceptors (Lipinski definition) is 3. The van der Waals surface area contributed by atoms with Crippen molar-refractivity contribution in [2.45, 2.75) is 45.3 Å². The summed E-state index contributed by atoms with van der Waals surface area (Å²) in [6.45, 7) is 5.19. The molecule has 0 saturated carbocycles. The van der Waals surface area contributed by atoms with Gasteiger partial charge in [-0.15, -0.1) is 0 Å². The maximum Gasteiger partial charge on any atom is 0.0547 e. The van der Waals surface area contributed by atoms with Gasteiger partial charge in [0.25, 0.3) is 0 Å². The summed E-state index contributed by atoms with van der Waals surface area (Å²) in [5.74, 6) is 0. The number of piperidine rings is 1. The lowest BCUT2D eigenvalue weighted by Gasteiger charge is -2.36. The van der Waals surface area contributed by atoms with Crippen molar-refractivity contribution in [2.75, 3.05) is 20.6 Å². The number of aryl methyl sites for hydroxylation is 1. The van der Waals surface area contributed by atoms with Crippen LogP contribution in [0.1, 0.15) is 47.8 Å². The lowest BCUT2D eigenvalue weighted by Crippen LogP contribution is -2.33. The maximum absolute atomic E-state index is 4.69. The number of nitrogens with zero attached hydrogens (tertiary/aromatic N) is 3. The zero-order valence-electron chi connectivity index (χ0n) is 15.2. The van der Waals surface area contributed by atoms with Crippen molar-refractivity contribution in [3.63, 3.8) is 0 Å². The number of benzene rings is 1. The van der Waals surface area contributed by atoms with Crippen LogP contribution in [-0.2, 0) is 13.1 Å². The third kappa shape index (κ3) is 4.43. The van der Waals surface area contributed by atoms with Crippen LogP contribution in [0.5, 0.6) is 0 Å². The number of rotatable bonds is 5. The van der Waals surface area contributed by atoms with Crippen LogP contribution in [0.2, 0.25) is 0 Å². The van der Waals surface area contributed by atoms with E-state index in [1.54, 1.807) is 0 Å². The summed E-state index contributed by atoms with van der Waals surface area (Å²) in [4.78, 5) is 9.51. The Balaban J connectivity index is 1.74. The average molecular weight is 323 g/mol. The van der Waals surface area contributed by atoms with Gasteiger partial charge in [-0.2, -0.15) is 0 Å². The van der Waals surface area contributed by atoms with Crippen molar-refractivity contribution in [1.29, 1.82) is 0 Å². The normalized spacial score (nSPS) is 18.9. The smallest absolute Gasteiger partial charge is 0.0547 e. The molecule has 1 aliphatic heterocycles. The Labute approximate surface area is 146 Å². The largest absolute Gasteiger partial charge is 0.305 e. The lowest BCUT2D eigenvalue weighted by molar-refractivity contribution is 0.138. The van der Waals surface area contributed by atoms with Crippen LogP contribution >= 0.6 is 0 Å². The number of pyridine rings is 1. The minimum absolute atomic E-state index is 0.523. The first kappa shape index (κ1) is 17.1. The molecule has 2 aromatic rings. The molecule has 1 aliphatic rings. The maximum atomic E-state index is 4.69. The van der Waals surface area contributed by atoms with E-state index in [1.165, 1.54) is 42.6 Å². The second kappa shape index (κ2) is 7.91. The molecule has 128 valence electrons. The second-order valence-electron chi connectivity index (χ2n) is 7.23. The van der Waals surface area contributed by atoms with Gasteiger partial charge in [-0.3, -0.25) is 9.88 Å². The predicted octanol–water partition coefficient (Wildman–Crippen LogP) is 4.18. The lowest BCUT2D eigenvalue weighted by atomic mass is 9.94. The molecule has 1 atom stereocenters. The van der Waals surface area contributed by atoms with E-state index < -0.39 is 0 Å². The van der Waals surface area contributed by atoms with Crippen LogP contribution in [0.25, 0.3) is 0 Å². The minimum atomic E-state index is 0.523. The molecule has 0 spiro atoms. The van der Waals surface area contributed by atoms with Gasteiger partial charge in [0, 0.05) is 24.8 Å². The molecule has 24 heavy (non-hydrogen) atoms. The predicted molar refractivity (Wildman–Crippen MR) is 99.8 cm³/mol. The molecule has 1 aromatic heterocycles. The van der Waals surface area contributed by atoms with Gasteiger partial charge in [-0.25, -0.2) is 0 Å². The van der Waals surface area contributed by atoms with E-state index in [9.17, 15) is 0 Å². The molecule has 0 amide bonds. The van der Waals surface area contributed by atoms with E-state index in [-0.39, 0.29) is 0 Å². The monoisotopic (exact) mass is 323 g/mol. The first-order chi connectivity index (χ1) is 11.6. The molecular weight excluding hydrogens is 294 g/mol. The fraction of sp³-hybridized carbons (Fsp3) is 0.476. The summed E-state index contributed by atoms with van der Waals surface area (Å²) in [7, 11) is 4.23. The van der Waals surface area contributed by atoms with Crippen molar-refractivity contribution >= 4 is 0 Å². The molecule has 1 saturated heterocycles. The summed E-state index contributed by atoms with van der Waals surface area (Å²) >= 11 is 0. The van der Waals surface area contributed by atoms with Crippen molar-refractivity contribution in [1.82, 2.24) is 14.8 Å². The van der Waals surface area contributed by atoms with Crippen LogP contribution in [0, 0.1) is 6.92 Å². The second-order valence-corrected chi connectivity index (χ2v) is 7.23. The molecule has 3 rings (SSSR count). The van der Waals surface area contributed by atoms with Crippen LogP contribution < -0.4 is 0 Å². The Hall–Kier alpha value is -1.71. The third-order valence-electron chi connectivity index (χ3n) is 4.79. The third-order valence-corrected chi connectivity index (χ3v) is 4.79. The molecule has 1 aromatic carbocycles. The number of aromatic nitrogens is 1. The zero-order chi connectivity index (χ0) is 16.9. The molecule has 0 bridgehead atoms. The highest BCUT2D eigenvalue weighted by Crippen LogP contribution is 2.32. The van der Waals surface area contributed by atoms with Crippen LogP contribution in [-0.4, -0.2) is 35.4 Å². The Bertz CT molecular complexity index is 648. The fourth-order valence-electron chi connectivity index (χ4n) is 3.66. The molecule has 0 N–H and O–H groups in total. The molecule has 0 radical (unpaired) electrons. The van der Waals surface area contributed by atoms with Gasteiger partial charge < -0.3 is 4.90 Å². The highest BCUT2D eigenvalue weighted by atomic mass is 15.2. The van der Waals surface area contributed by atoms with E-state index in [0.717, 1.165) is 18.8 Å². The molecule has 1 unspecified atom stereocenters. The van der Waals surface area contributed by atoms with Gasteiger partial charge in [0.05, 0.1) is 5.69 Å². The van der Waals surface area contributed by atoms with E-state index in [0.29, 0.717) is 6.04 Å². The van der Waals surface area contributed by atoms with Crippen LogP contribution in [0.15, 0.2) is 42.5 Å². The fourth-order valence-corrected chi connectivity index (χ4v) is 3.66. The van der Waals surface area contributed by atoms with Crippen molar-refractivity contribution in [3.05, 3.63) is 65.0 Å². The van der Waals surface area contributed by atoms with Gasteiger partial charge in [-0.05, 0) is 63.7 Å². The molecule has 3 heteroatoms. The van der Waals surface area contributed by atoms with Gasteiger partial charge in [0.2, 0.25) is 0 Å². The van der Waals surface area contributed by atoms with Crippen LogP contribution in [0.4, 0.5) is 0 Å². The quantitative estimate of drug-likeness (QED) is 0.823. The summed E-state index contributed by atoms with van der Waals surface area (Å²) in [6.07, 6.45) is 3.86. The molecule has 0 aliphatic carbocycles. The summed E-state index contributed by atoms with van der Waals surface area (Å²) in [5.41, 5.74) is 5.12. The standard InChI is InChI=1S/C21H29N3/c1-17-7-6-8-20(22-17)16-24-14-5-4-9-21(24)19-12-10-18(11-13-19)15-23(2)3/h6-8,10-13,21H,4-5,9,14-16H2,1-3H3. The van der Waals surface area contributed by atoms with Gasteiger partial charge >= 0.3 is 0 Å². The van der Waals surface area contributed by atoms with Gasteiger partial charge in [0.1, 0.15) is 0 Å². The van der Waals surface area contributed by atoms with E-state index in [4.69, 9.17) is 4.98 Å². The first-order valence-corrected chi connectivity index (χ1v) is 9.02. The summed E-state index contributed by atoms with van der Waals surface area (Å²) in [5, 5.41) is 0. The van der Waals surface area contributed by atoms with E-state index in [2.05, 4.69) is 73.3 Å². The van der Waals surface area contributed by atoms with Gasteiger partial charge in [0.15, 0.2) is 0 Å². The number of hydrogen-bond donors (Lipinski definition) is 0. The number of likely N-dealkylation sites (tertiary alicyclic amines) is 1. The van der Waals surface area contributed by atoms with Crippen molar-refractivity contribution in [2.24, 2.45) is 0 Å². The average Bonchev–Trinajstić information content (AvgIpc) is 2.56. The molecular formula is C21H29N3. The van der Waals surface area contributed by atoms with E-state index >= 15 is 0 Å². The Morgan fingerprint density at radius 2 is 1.88 bits per heavy atom. The Morgan fingerprint density at radius 3 is 2.58 bits per heavy atom. The van der Waals surface area contributed by atoms with Crippen molar-refractivity contribution in [3.8, 4) is 0 Å². The minimum Gasteiger partial charge on any atom is -0.305 e. The highest BCUT2D eigenvalue weighted by molar-refractivity contribution is 5.25. The highest BCUT2D eigenvalue weighted by Gasteiger charge is 2.24. The molecule has 1 fully saturated rings. The summed E-state index contributed by atoms with van der Waals surface area (Å²) in [6, 6.07) is 16.1. The van der Waals surface area contributed by atoms with Crippen molar-refractivity contribution < 1.29 is 0 Å². The van der Waals surface area contributed by atoms with E-state index in [1.807, 2.05) is 0 Å².